The van der Waals surface area contributed by atoms with E-state index in [0.717, 1.165) is 50.4 Å². The van der Waals surface area contributed by atoms with Crippen molar-refractivity contribution in [3.05, 3.63) is 114 Å². The Hall–Kier alpha value is -4.45. The predicted octanol–water partition coefficient (Wildman–Crippen LogP) is 6.73. The average Bonchev–Trinajstić information content (AvgIpc) is 3.69. The molecule has 179 valence electrons. The number of nitrogens with one attached hydrogen (secondary N) is 3. The van der Waals surface area contributed by atoms with Crippen LogP contribution in [-0.2, 0) is 17.1 Å². The van der Waals surface area contributed by atoms with Gasteiger partial charge in [-0.2, -0.15) is 0 Å². The number of H-pyrrole nitrogens is 3. The molecule has 7 rings (SSSR count). The molecule has 0 aliphatic carbocycles. The smallest absolute Gasteiger partial charge is 0.0919 e. The van der Waals surface area contributed by atoms with Gasteiger partial charge in [0.15, 0.2) is 0 Å². The van der Waals surface area contributed by atoms with E-state index >= 15 is 0 Å². The topological polar surface area (TPSA) is 86.0 Å². The molecule has 6 nitrogen and oxygen atoms in total. The third kappa shape index (κ3) is 5.28. The minimum atomic E-state index is 0. The van der Waals surface area contributed by atoms with E-state index < -0.39 is 0 Å². The number of aromatic nitrogens is 6. The maximum Gasteiger partial charge on any atom is 0.0919 e. The van der Waals surface area contributed by atoms with Crippen LogP contribution in [0.4, 0.5) is 0 Å². The molecule has 7 heteroatoms. The minimum Gasteiger partial charge on any atom is -0.355 e. The molecule has 36 heavy (non-hydrogen) atoms. The monoisotopic (exact) mass is 517 g/mol. The van der Waals surface area contributed by atoms with Gasteiger partial charge in [-0.1, -0.05) is 30.3 Å². The molecule has 1 radical (unpaired) electrons. The van der Waals surface area contributed by atoms with Crippen molar-refractivity contribution in [3.8, 4) is 11.1 Å². The second kappa shape index (κ2) is 10.4. The first kappa shape index (κ1) is 23.3. The summed E-state index contributed by atoms with van der Waals surface area (Å²) in [6, 6.07) is 25.0. The molecule has 0 saturated carbocycles. The summed E-state index contributed by atoms with van der Waals surface area (Å²) in [6.07, 6.45) is 13.2. The van der Waals surface area contributed by atoms with Crippen molar-refractivity contribution in [1.82, 2.24) is 29.9 Å². The first-order valence-corrected chi connectivity index (χ1v) is 11.4. The van der Waals surface area contributed by atoms with E-state index in [9.17, 15) is 0 Å². The van der Waals surface area contributed by atoms with Crippen LogP contribution < -0.4 is 0 Å². The molecule has 0 saturated heterocycles. The molecule has 0 fully saturated rings. The molecular weight excluding hydrogens is 496 g/mol. The Kier molecular flexibility index (Phi) is 6.76. The Morgan fingerprint density at radius 3 is 1.89 bits per heavy atom. The fourth-order valence-corrected chi connectivity index (χ4v) is 4.09. The van der Waals surface area contributed by atoms with Gasteiger partial charge in [0.25, 0.3) is 0 Å². The van der Waals surface area contributed by atoms with Gasteiger partial charge in [-0.05, 0) is 72.3 Å². The zero-order valence-corrected chi connectivity index (χ0v) is 20.1. The van der Waals surface area contributed by atoms with Crippen molar-refractivity contribution in [3.63, 3.8) is 0 Å². The van der Waals surface area contributed by atoms with Crippen LogP contribution in [0.15, 0.2) is 91.5 Å². The van der Waals surface area contributed by atoms with Gasteiger partial charge in [0.05, 0.1) is 29.1 Å². The van der Waals surface area contributed by atoms with Crippen molar-refractivity contribution in [2.45, 2.75) is 0 Å². The number of rotatable bonds is 1. The van der Waals surface area contributed by atoms with Gasteiger partial charge in [-0.25, -0.2) is 15.0 Å². The zero-order valence-electron chi connectivity index (χ0n) is 19.1. The Balaban J connectivity index is 0.000000400. The zero-order chi connectivity index (χ0) is 23.5. The van der Waals surface area contributed by atoms with Crippen molar-refractivity contribution < 1.29 is 17.1 Å². The number of fused-ring (bicyclic) bond motifs is 8. The fraction of sp³-hybridized carbons (Fsp3) is 0. The summed E-state index contributed by atoms with van der Waals surface area (Å²) in [4.78, 5) is 22.9. The standard InChI is InChI=1S/C26H18N4.C3H4N2.Cu/c1-2-4-17(5-3-1)25-15-24-14-22-9-8-20(28-22)12-18-6-7-19(27-18)13-21-10-11-23(29-21)16-26(25)30-24;1-2-5-3-4-1;/h1-16,28,30H;1-3H,(H,4,5);. The second-order valence-electron chi connectivity index (χ2n) is 8.21. The SMILES string of the molecule is C1=Cc2cc3ccc(cc4cc(-c5ccccc5)c(cc5nc(cc1n2)C=C5)[nH]4)[nH]3.[Cu].c1c[nH]cn1. The number of hydrogen-bond acceptors (Lipinski definition) is 3. The molecule has 3 N–H and O–H groups in total. The number of hydrogen-bond donors (Lipinski definition) is 3. The second-order valence-corrected chi connectivity index (χ2v) is 8.21. The van der Waals surface area contributed by atoms with Crippen LogP contribution in [0.3, 0.4) is 0 Å². The predicted molar refractivity (Wildman–Crippen MR) is 143 cm³/mol. The third-order valence-corrected chi connectivity index (χ3v) is 5.66. The number of aromatic amines is 3. The van der Waals surface area contributed by atoms with Crippen molar-refractivity contribution in [2.75, 3.05) is 0 Å². The summed E-state index contributed by atoms with van der Waals surface area (Å²) in [5.74, 6) is 0. The molecule has 0 spiro atoms. The average molecular weight is 518 g/mol. The van der Waals surface area contributed by atoms with Gasteiger partial charge < -0.3 is 15.0 Å². The first-order chi connectivity index (χ1) is 17.3. The fourth-order valence-electron chi connectivity index (χ4n) is 4.09. The Labute approximate surface area is 218 Å². The molecule has 0 unspecified atom stereocenters. The summed E-state index contributed by atoms with van der Waals surface area (Å²) in [5.41, 5.74) is 10.1. The molecule has 2 aliphatic rings. The van der Waals surface area contributed by atoms with Gasteiger partial charge in [-0.3, -0.25) is 0 Å². The van der Waals surface area contributed by atoms with Crippen LogP contribution in [0, 0.1) is 0 Å². The number of nitrogens with zero attached hydrogens (tertiary/aromatic N) is 3. The summed E-state index contributed by atoms with van der Waals surface area (Å²) in [5, 5.41) is 0. The van der Waals surface area contributed by atoms with E-state index in [1.165, 1.54) is 5.56 Å². The van der Waals surface area contributed by atoms with Gasteiger partial charge in [0.1, 0.15) is 0 Å². The Bertz CT molecular complexity index is 1680. The summed E-state index contributed by atoms with van der Waals surface area (Å²) < 4.78 is 0. The third-order valence-electron chi connectivity index (χ3n) is 5.66. The van der Waals surface area contributed by atoms with Gasteiger partial charge >= 0.3 is 0 Å². The molecule has 8 bridgehead atoms. The van der Waals surface area contributed by atoms with Crippen LogP contribution in [0.1, 0.15) is 22.8 Å². The van der Waals surface area contributed by atoms with Gasteiger partial charge in [-0.15, -0.1) is 0 Å². The van der Waals surface area contributed by atoms with Gasteiger partial charge in [0, 0.05) is 57.1 Å². The number of imidazole rings is 1. The van der Waals surface area contributed by atoms with E-state index in [1.54, 1.807) is 18.7 Å². The van der Waals surface area contributed by atoms with Crippen LogP contribution in [0.25, 0.3) is 57.5 Å². The molecule has 6 heterocycles. The summed E-state index contributed by atoms with van der Waals surface area (Å²) >= 11 is 0. The van der Waals surface area contributed by atoms with E-state index in [4.69, 9.17) is 4.98 Å². The Morgan fingerprint density at radius 1 is 0.583 bits per heavy atom. The van der Waals surface area contributed by atoms with E-state index in [1.807, 2.05) is 42.5 Å². The van der Waals surface area contributed by atoms with Crippen molar-refractivity contribution >= 4 is 46.4 Å². The summed E-state index contributed by atoms with van der Waals surface area (Å²) in [6.45, 7) is 0. The minimum absolute atomic E-state index is 0. The normalized spacial score (nSPS) is 11.4. The molecule has 1 aromatic carbocycles. The largest absolute Gasteiger partial charge is 0.355 e. The van der Waals surface area contributed by atoms with Crippen LogP contribution in [0.5, 0.6) is 0 Å². The Morgan fingerprint density at radius 2 is 1.25 bits per heavy atom. The van der Waals surface area contributed by atoms with E-state index in [-0.39, 0.29) is 17.1 Å². The van der Waals surface area contributed by atoms with Crippen LogP contribution >= 0.6 is 0 Å². The van der Waals surface area contributed by atoms with Gasteiger partial charge in [0.2, 0.25) is 0 Å². The first-order valence-electron chi connectivity index (χ1n) is 11.4. The summed E-state index contributed by atoms with van der Waals surface area (Å²) in [7, 11) is 0. The molecule has 0 amide bonds. The molecule has 5 aromatic rings. The number of benzene rings is 1. The maximum atomic E-state index is 4.76. The molecule has 2 aliphatic heterocycles. The van der Waals surface area contributed by atoms with E-state index in [0.29, 0.717) is 0 Å². The molecule has 0 atom stereocenters. The maximum absolute atomic E-state index is 4.76. The molecule has 4 aromatic heterocycles. The van der Waals surface area contributed by atoms with Crippen LogP contribution in [-0.4, -0.2) is 29.9 Å². The van der Waals surface area contributed by atoms with Crippen molar-refractivity contribution in [1.29, 1.82) is 0 Å². The van der Waals surface area contributed by atoms with Crippen LogP contribution in [0.2, 0.25) is 0 Å². The molecular formula is C29H22CuN6. The van der Waals surface area contributed by atoms with Crippen molar-refractivity contribution in [2.24, 2.45) is 0 Å². The van der Waals surface area contributed by atoms with E-state index in [2.05, 4.69) is 79.5 Å². The quantitative estimate of drug-likeness (QED) is 0.211.